The molecule has 3 rings (SSSR count). The third kappa shape index (κ3) is 5.26. The Morgan fingerprint density at radius 2 is 1.63 bits per heavy atom. The molecule has 0 fully saturated rings. The topological polar surface area (TPSA) is 35.5 Å². The minimum absolute atomic E-state index is 0.0656. The summed E-state index contributed by atoms with van der Waals surface area (Å²) in [6, 6.07) is 16.6. The van der Waals surface area contributed by atoms with Gasteiger partial charge in [0.25, 0.3) is 0 Å². The zero-order chi connectivity index (χ0) is 21.8. The SMILES string of the molecule is COc1cc(C(=O)Cc2ccc(Cl)cc2)c(Oc2c(Br)cccc2Br)cc1C(C)C. The number of ether oxygens (including phenoxy) is 2. The van der Waals surface area contributed by atoms with Crippen LogP contribution in [0.2, 0.25) is 5.02 Å². The first-order valence-electron chi connectivity index (χ1n) is 9.41. The number of methoxy groups -OCH3 is 1. The van der Waals surface area contributed by atoms with Gasteiger partial charge in [-0.1, -0.05) is 43.6 Å². The van der Waals surface area contributed by atoms with E-state index >= 15 is 0 Å². The monoisotopic (exact) mass is 550 g/mol. The fourth-order valence-corrected chi connectivity index (χ4v) is 4.37. The van der Waals surface area contributed by atoms with Crippen LogP contribution in [0, 0.1) is 0 Å². The summed E-state index contributed by atoms with van der Waals surface area (Å²) < 4.78 is 13.4. The van der Waals surface area contributed by atoms with Gasteiger partial charge in [0, 0.05) is 17.0 Å². The van der Waals surface area contributed by atoms with Gasteiger partial charge in [0.1, 0.15) is 11.5 Å². The van der Waals surface area contributed by atoms with Crippen molar-refractivity contribution in [3.8, 4) is 17.2 Å². The first-order chi connectivity index (χ1) is 14.3. The van der Waals surface area contributed by atoms with Crippen molar-refractivity contribution in [1.82, 2.24) is 0 Å². The van der Waals surface area contributed by atoms with Crippen molar-refractivity contribution in [2.24, 2.45) is 0 Å². The maximum Gasteiger partial charge on any atom is 0.171 e. The van der Waals surface area contributed by atoms with Gasteiger partial charge in [-0.3, -0.25) is 4.79 Å². The summed E-state index contributed by atoms with van der Waals surface area (Å²) in [5.41, 5.74) is 2.32. The number of rotatable bonds is 7. The van der Waals surface area contributed by atoms with Crippen molar-refractivity contribution < 1.29 is 14.3 Å². The molecule has 0 heterocycles. The molecule has 0 bridgehead atoms. The molecule has 156 valence electrons. The maximum absolute atomic E-state index is 13.2. The number of ketones is 1. The summed E-state index contributed by atoms with van der Waals surface area (Å²) in [4.78, 5) is 13.2. The summed E-state index contributed by atoms with van der Waals surface area (Å²) in [6.07, 6.45) is 0.231. The number of benzene rings is 3. The zero-order valence-electron chi connectivity index (χ0n) is 16.8. The molecule has 0 aliphatic carbocycles. The van der Waals surface area contributed by atoms with Gasteiger partial charge in [0.2, 0.25) is 0 Å². The molecule has 0 saturated heterocycles. The highest BCUT2D eigenvalue weighted by Crippen LogP contribution is 2.41. The van der Waals surface area contributed by atoms with Gasteiger partial charge in [-0.2, -0.15) is 0 Å². The molecule has 0 atom stereocenters. The molecular formula is C24H21Br2ClO3. The van der Waals surface area contributed by atoms with Crippen LogP contribution in [0.4, 0.5) is 0 Å². The minimum atomic E-state index is -0.0656. The third-order valence-corrected chi connectivity index (χ3v) is 6.16. The molecule has 0 aliphatic rings. The Morgan fingerprint density at radius 3 is 2.20 bits per heavy atom. The van der Waals surface area contributed by atoms with Crippen molar-refractivity contribution in [1.29, 1.82) is 0 Å². The van der Waals surface area contributed by atoms with Gasteiger partial charge in [0.05, 0.1) is 21.6 Å². The van der Waals surface area contributed by atoms with Crippen molar-refractivity contribution >= 4 is 49.2 Å². The molecule has 0 aliphatic heterocycles. The van der Waals surface area contributed by atoms with E-state index in [-0.39, 0.29) is 18.1 Å². The predicted octanol–water partition coefficient (Wildman–Crippen LogP) is 8.21. The van der Waals surface area contributed by atoms with E-state index < -0.39 is 0 Å². The van der Waals surface area contributed by atoms with Crippen LogP contribution in [0.25, 0.3) is 0 Å². The standard InChI is InChI=1S/C24H21Br2ClO3/c1-14(2)17-12-23(30-24-19(25)5-4-6-20(24)26)18(13-22(17)29-3)21(28)11-15-7-9-16(27)10-8-15/h4-10,12-14H,11H2,1-3H3. The Kier molecular flexibility index (Phi) is 7.61. The average Bonchev–Trinajstić information content (AvgIpc) is 2.71. The van der Waals surface area contributed by atoms with Gasteiger partial charge in [0.15, 0.2) is 11.5 Å². The number of halogens is 3. The molecule has 0 radical (unpaired) electrons. The number of carbonyl (C=O) groups excluding carboxylic acids is 1. The van der Waals surface area contributed by atoms with E-state index in [0.717, 1.165) is 20.1 Å². The van der Waals surface area contributed by atoms with Gasteiger partial charge in [-0.05, 0) is 79.7 Å². The summed E-state index contributed by atoms with van der Waals surface area (Å²) in [6.45, 7) is 4.15. The molecule has 0 aromatic heterocycles. The molecule has 3 aromatic carbocycles. The van der Waals surface area contributed by atoms with E-state index in [9.17, 15) is 4.79 Å². The van der Waals surface area contributed by atoms with E-state index in [2.05, 4.69) is 45.7 Å². The first kappa shape index (κ1) is 22.9. The molecule has 6 heteroatoms. The van der Waals surface area contributed by atoms with Crippen LogP contribution in [0.15, 0.2) is 63.5 Å². The highest BCUT2D eigenvalue weighted by Gasteiger charge is 2.21. The summed E-state index contributed by atoms with van der Waals surface area (Å²) in [5.74, 6) is 1.90. The van der Waals surface area contributed by atoms with Crippen molar-refractivity contribution in [3.63, 3.8) is 0 Å². The fourth-order valence-electron chi connectivity index (χ4n) is 3.08. The van der Waals surface area contributed by atoms with Crippen LogP contribution in [0.1, 0.15) is 41.3 Å². The summed E-state index contributed by atoms with van der Waals surface area (Å²) in [7, 11) is 1.61. The van der Waals surface area contributed by atoms with Crippen LogP contribution in [0.3, 0.4) is 0 Å². The van der Waals surface area contributed by atoms with Crippen LogP contribution < -0.4 is 9.47 Å². The Labute approximate surface area is 198 Å². The van der Waals surface area contributed by atoms with Gasteiger partial charge in [-0.15, -0.1) is 0 Å². The normalized spacial score (nSPS) is 10.9. The second-order valence-corrected chi connectivity index (χ2v) is 9.27. The highest BCUT2D eigenvalue weighted by molar-refractivity contribution is 9.11. The minimum Gasteiger partial charge on any atom is -0.496 e. The van der Waals surface area contributed by atoms with E-state index in [4.69, 9.17) is 21.1 Å². The zero-order valence-corrected chi connectivity index (χ0v) is 20.8. The molecule has 3 nitrogen and oxygen atoms in total. The quantitative estimate of drug-likeness (QED) is 0.277. The van der Waals surface area contributed by atoms with Crippen LogP contribution in [-0.4, -0.2) is 12.9 Å². The molecule has 0 spiro atoms. The fraction of sp³-hybridized carbons (Fsp3) is 0.208. The summed E-state index contributed by atoms with van der Waals surface area (Å²) >= 11 is 13.0. The number of hydrogen-bond acceptors (Lipinski definition) is 3. The third-order valence-electron chi connectivity index (χ3n) is 4.66. The van der Waals surface area contributed by atoms with Crippen LogP contribution in [0.5, 0.6) is 17.2 Å². The average molecular weight is 553 g/mol. The Bertz CT molecular complexity index is 1040. The second kappa shape index (κ2) is 9.99. The lowest BCUT2D eigenvalue weighted by Crippen LogP contribution is -2.08. The van der Waals surface area contributed by atoms with Gasteiger partial charge in [-0.25, -0.2) is 0 Å². The predicted molar refractivity (Wildman–Crippen MR) is 128 cm³/mol. The van der Waals surface area contributed by atoms with Gasteiger partial charge >= 0.3 is 0 Å². The number of para-hydroxylation sites is 1. The highest BCUT2D eigenvalue weighted by atomic mass is 79.9. The van der Waals surface area contributed by atoms with E-state index in [1.54, 1.807) is 25.3 Å². The number of hydrogen-bond donors (Lipinski definition) is 0. The lowest BCUT2D eigenvalue weighted by molar-refractivity contribution is 0.0990. The smallest absolute Gasteiger partial charge is 0.171 e. The summed E-state index contributed by atoms with van der Waals surface area (Å²) in [5, 5.41) is 0.636. The molecule has 3 aromatic rings. The first-order valence-corrected chi connectivity index (χ1v) is 11.4. The Morgan fingerprint density at radius 1 is 1.00 bits per heavy atom. The van der Waals surface area contributed by atoms with Crippen molar-refractivity contribution in [2.45, 2.75) is 26.2 Å². The van der Waals surface area contributed by atoms with E-state index in [0.29, 0.717) is 27.8 Å². The number of carbonyl (C=O) groups is 1. The number of Topliss-reactive ketones (excluding diaryl/α,β-unsaturated/α-hetero) is 1. The van der Waals surface area contributed by atoms with Crippen LogP contribution >= 0.6 is 43.5 Å². The van der Waals surface area contributed by atoms with Crippen molar-refractivity contribution in [2.75, 3.05) is 7.11 Å². The van der Waals surface area contributed by atoms with Crippen LogP contribution in [-0.2, 0) is 6.42 Å². The largest absolute Gasteiger partial charge is 0.496 e. The molecular weight excluding hydrogens is 532 g/mol. The molecule has 0 unspecified atom stereocenters. The second-order valence-electron chi connectivity index (χ2n) is 7.12. The molecule has 0 amide bonds. The maximum atomic E-state index is 13.2. The Hall–Kier alpha value is -1.82. The molecule has 30 heavy (non-hydrogen) atoms. The Balaban J connectivity index is 2.07. The molecule has 0 N–H and O–H groups in total. The van der Waals surface area contributed by atoms with E-state index in [1.807, 2.05) is 36.4 Å². The van der Waals surface area contributed by atoms with E-state index in [1.165, 1.54) is 0 Å². The van der Waals surface area contributed by atoms with Gasteiger partial charge < -0.3 is 9.47 Å². The lowest BCUT2D eigenvalue weighted by Gasteiger charge is -2.18. The lowest BCUT2D eigenvalue weighted by atomic mass is 9.96. The molecule has 0 saturated carbocycles. The van der Waals surface area contributed by atoms with Crippen molar-refractivity contribution in [3.05, 3.63) is 85.3 Å².